The van der Waals surface area contributed by atoms with Crippen LogP contribution in [0.4, 0.5) is 0 Å². The van der Waals surface area contributed by atoms with E-state index in [9.17, 15) is 19.5 Å². The van der Waals surface area contributed by atoms with Gasteiger partial charge in [0.15, 0.2) is 0 Å². The van der Waals surface area contributed by atoms with Crippen LogP contribution in [0.25, 0.3) is 0 Å². The highest BCUT2D eigenvalue weighted by molar-refractivity contribution is 5.88. The average molecular weight is 368 g/mol. The van der Waals surface area contributed by atoms with Gasteiger partial charge >= 0.3 is 11.9 Å². The number of carbonyl (C=O) groups excluding carboxylic acids is 2. The van der Waals surface area contributed by atoms with Crippen LogP contribution >= 0.6 is 0 Å². The average Bonchev–Trinajstić information content (AvgIpc) is 3.00. The van der Waals surface area contributed by atoms with E-state index in [1.807, 2.05) is 6.92 Å². The quantitative estimate of drug-likeness (QED) is 0.636. The van der Waals surface area contributed by atoms with E-state index in [2.05, 4.69) is 5.32 Å². The minimum absolute atomic E-state index is 0.00817. The van der Waals surface area contributed by atoms with Gasteiger partial charge in [0.25, 0.3) is 0 Å². The topological polar surface area (TPSA) is 95.9 Å². The summed E-state index contributed by atoms with van der Waals surface area (Å²) in [4.78, 5) is 38.5. The smallest absolute Gasteiger partial charge is 0.326 e. The Labute approximate surface area is 155 Å². The highest BCUT2D eigenvalue weighted by Crippen LogP contribution is 2.40. The number of carboxylic acid groups (broad SMARTS) is 1. The molecule has 1 saturated carbocycles. The highest BCUT2D eigenvalue weighted by Gasteiger charge is 2.48. The van der Waals surface area contributed by atoms with Crippen molar-refractivity contribution < 1.29 is 24.2 Å². The molecule has 2 rings (SSSR count). The van der Waals surface area contributed by atoms with Crippen molar-refractivity contribution in [3.8, 4) is 0 Å². The Morgan fingerprint density at radius 2 is 1.92 bits per heavy atom. The van der Waals surface area contributed by atoms with Crippen LogP contribution < -0.4 is 5.32 Å². The molecule has 1 aliphatic heterocycles. The normalized spacial score (nSPS) is 27.5. The maximum atomic E-state index is 13.1. The van der Waals surface area contributed by atoms with Gasteiger partial charge in [0, 0.05) is 6.04 Å². The Kier molecular flexibility index (Phi) is 7.43. The molecule has 0 spiro atoms. The van der Waals surface area contributed by atoms with Crippen LogP contribution in [0.1, 0.15) is 65.7 Å². The molecule has 1 saturated heterocycles. The number of hydrogen-bond acceptors (Lipinski definition) is 5. The zero-order chi connectivity index (χ0) is 19.3. The summed E-state index contributed by atoms with van der Waals surface area (Å²) in [6, 6.07) is -1.92. The third-order valence-corrected chi connectivity index (χ3v) is 5.60. The Morgan fingerprint density at radius 3 is 2.54 bits per heavy atom. The minimum Gasteiger partial charge on any atom is -0.480 e. The van der Waals surface area contributed by atoms with Crippen molar-refractivity contribution in [2.24, 2.45) is 5.92 Å². The molecule has 0 aromatic carbocycles. The fraction of sp³-hybridized carbons (Fsp3) is 0.842. The molecule has 1 heterocycles. The van der Waals surface area contributed by atoms with Crippen molar-refractivity contribution in [1.29, 1.82) is 0 Å². The van der Waals surface area contributed by atoms with Crippen LogP contribution in [-0.4, -0.2) is 58.6 Å². The predicted molar refractivity (Wildman–Crippen MR) is 96.6 cm³/mol. The maximum absolute atomic E-state index is 13.1. The Morgan fingerprint density at radius 1 is 1.23 bits per heavy atom. The molecule has 2 aliphatic rings. The maximum Gasteiger partial charge on any atom is 0.326 e. The summed E-state index contributed by atoms with van der Waals surface area (Å²) in [5.74, 6) is -1.24. The zero-order valence-corrected chi connectivity index (χ0v) is 16.1. The number of carbonyl (C=O) groups is 3. The summed E-state index contributed by atoms with van der Waals surface area (Å²) in [5.41, 5.74) is 0. The van der Waals surface area contributed by atoms with Crippen LogP contribution in [0.15, 0.2) is 0 Å². The SMILES string of the molecule is CCC[C@@H](N[C@@H](C)C(=O)N1[C@@H]2CCCC[C@H]2C[C@H]1C(=O)O)C(=O)OCC. The minimum atomic E-state index is -0.935. The first-order valence-corrected chi connectivity index (χ1v) is 9.88. The molecule has 1 amide bonds. The standard InChI is InChI=1S/C19H32N2O5/c1-4-8-14(19(25)26-5-2)20-12(3)17(22)21-15-10-7-6-9-13(15)11-16(21)18(23)24/h12-16,20H,4-11H2,1-3H3,(H,23,24)/t12-,13-,14+,15+,16-/m0/s1. The summed E-state index contributed by atoms with van der Waals surface area (Å²) in [6.07, 6.45) is 5.87. The third-order valence-electron chi connectivity index (χ3n) is 5.60. The Balaban J connectivity index is 2.10. The van der Waals surface area contributed by atoms with Gasteiger partial charge in [-0.25, -0.2) is 4.79 Å². The summed E-state index contributed by atoms with van der Waals surface area (Å²) >= 11 is 0. The number of hydrogen-bond donors (Lipinski definition) is 2. The van der Waals surface area contributed by atoms with E-state index in [1.54, 1.807) is 18.7 Å². The molecule has 0 radical (unpaired) electrons. The number of amides is 1. The number of likely N-dealkylation sites (tertiary alicyclic amines) is 1. The van der Waals surface area contributed by atoms with Crippen LogP contribution in [0, 0.1) is 5.92 Å². The number of fused-ring (bicyclic) bond motifs is 1. The number of carboxylic acids is 1. The molecule has 0 aromatic heterocycles. The second kappa shape index (κ2) is 9.35. The van der Waals surface area contributed by atoms with E-state index in [4.69, 9.17) is 4.74 Å². The number of rotatable bonds is 8. The van der Waals surface area contributed by atoms with Crippen LogP contribution in [0.5, 0.6) is 0 Å². The largest absolute Gasteiger partial charge is 0.480 e. The van der Waals surface area contributed by atoms with Crippen molar-refractivity contribution in [3.05, 3.63) is 0 Å². The fourth-order valence-corrected chi connectivity index (χ4v) is 4.39. The van der Waals surface area contributed by atoms with E-state index >= 15 is 0 Å². The lowest BCUT2D eigenvalue weighted by Crippen LogP contribution is -2.55. The summed E-state index contributed by atoms with van der Waals surface area (Å²) in [7, 11) is 0. The van der Waals surface area contributed by atoms with Gasteiger partial charge in [-0.2, -0.15) is 0 Å². The lowest BCUT2D eigenvalue weighted by molar-refractivity contribution is -0.152. The predicted octanol–water partition coefficient (Wildman–Crippen LogP) is 1.94. The Bertz CT molecular complexity index is 524. The first-order chi connectivity index (χ1) is 12.4. The summed E-state index contributed by atoms with van der Waals surface area (Å²) in [6.45, 7) is 5.72. The van der Waals surface area contributed by atoms with Crippen molar-refractivity contribution in [2.75, 3.05) is 6.61 Å². The molecule has 2 N–H and O–H groups in total. The monoisotopic (exact) mass is 368 g/mol. The van der Waals surface area contributed by atoms with Crippen molar-refractivity contribution in [2.45, 2.75) is 89.9 Å². The first-order valence-electron chi connectivity index (χ1n) is 9.88. The molecule has 2 fully saturated rings. The van der Waals surface area contributed by atoms with E-state index < -0.39 is 24.1 Å². The third kappa shape index (κ3) is 4.55. The lowest BCUT2D eigenvalue weighted by Gasteiger charge is -2.35. The highest BCUT2D eigenvalue weighted by atomic mass is 16.5. The molecule has 5 atom stereocenters. The van der Waals surface area contributed by atoms with E-state index in [0.717, 1.165) is 32.1 Å². The van der Waals surface area contributed by atoms with Gasteiger partial charge < -0.3 is 14.7 Å². The number of aliphatic carboxylic acids is 1. The zero-order valence-electron chi connectivity index (χ0n) is 16.1. The van der Waals surface area contributed by atoms with E-state index in [1.165, 1.54) is 0 Å². The molecular weight excluding hydrogens is 336 g/mol. The molecular formula is C19H32N2O5. The number of esters is 1. The number of nitrogens with zero attached hydrogens (tertiary/aromatic N) is 1. The van der Waals surface area contributed by atoms with Gasteiger partial charge in [0.05, 0.1) is 12.6 Å². The molecule has 1 aliphatic carbocycles. The van der Waals surface area contributed by atoms with Crippen molar-refractivity contribution in [1.82, 2.24) is 10.2 Å². The van der Waals surface area contributed by atoms with Gasteiger partial charge in [0.2, 0.25) is 5.91 Å². The van der Waals surface area contributed by atoms with Crippen molar-refractivity contribution in [3.63, 3.8) is 0 Å². The Hall–Kier alpha value is -1.63. The summed E-state index contributed by atoms with van der Waals surface area (Å²) < 4.78 is 5.09. The van der Waals surface area contributed by atoms with Gasteiger partial charge in [-0.3, -0.25) is 14.9 Å². The molecule has 0 unspecified atom stereocenters. The van der Waals surface area contributed by atoms with E-state index in [-0.39, 0.29) is 23.8 Å². The van der Waals surface area contributed by atoms with E-state index in [0.29, 0.717) is 19.4 Å². The first kappa shape index (κ1) is 20.7. The molecule has 148 valence electrons. The van der Waals surface area contributed by atoms with Crippen LogP contribution in [-0.2, 0) is 19.1 Å². The molecule has 0 aromatic rings. The van der Waals surface area contributed by atoms with Gasteiger partial charge in [-0.1, -0.05) is 26.2 Å². The van der Waals surface area contributed by atoms with Gasteiger partial charge in [-0.15, -0.1) is 0 Å². The van der Waals surface area contributed by atoms with Crippen LogP contribution in [0.3, 0.4) is 0 Å². The molecule has 0 bridgehead atoms. The number of nitrogens with one attached hydrogen (secondary N) is 1. The lowest BCUT2D eigenvalue weighted by atomic mass is 9.84. The van der Waals surface area contributed by atoms with Crippen molar-refractivity contribution >= 4 is 17.8 Å². The molecule has 7 heteroatoms. The van der Waals surface area contributed by atoms with Gasteiger partial charge in [0.1, 0.15) is 12.1 Å². The molecule has 26 heavy (non-hydrogen) atoms. The summed E-state index contributed by atoms with van der Waals surface area (Å²) in [5, 5.41) is 12.7. The second-order valence-electron chi connectivity index (χ2n) is 7.43. The van der Waals surface area contributed by atoms with Crippen LogP contribution in [0.2, 0.25) is 0 Å². The fourth-order valence-electron chi connectivity index (χ4n) is 4.39. The number of ether oxygens (including phenoxy) is 1. The second-order valence-corrected chi connectivity index (χ2v) is 7.43. The van der Waals surface area contributed by atoms with Gasteiger partial charge in [-0.05, 0) is 45.4 Å². The molecule has 7 nitrogen and oxygen atoms in total.